The zero-order valence-corrected chi connectivity index (χ0v) is 17.1. The number of para-hydroxylation sites is 1. The molecule has 0 saturated heterocycles. The lowest BCUT2D eigenvalue weighted by molar-refractivity contribution is -0.117. The number of anilines is 2. The minimum atomic E-state index is -0.123. The second kappa shape index (κ2) is 9.30. The highest BCUT2D eigenvalue weighted by Gasteiger charge is 2.29. The molecule has 0 atom stereocenters. The fourth-order valence-electron chi connectivity index (χ4n) is 3.65. The van der Waals surface area contributed by atoms with Gasteiger partial charge in [0.25, 0.3) is 0 Å². The molecule has 1 heterocycles. The van der Waals surface area contributed by atoms with E-state index in [4.69, 9.17) is 10.5 Å². The number of hydrogen-bond acceptors (Lipinski definition) is 6. The number of benzene rings is 2. The number of nitrogens with one attached hydrogen (secondary N) is 2. The number of amides is 1. The van der Waals surface area contributed by atoms with Gasteiger partial charge in [0.1, 0.15) is 29.5 Å². The Bertz CT molecular complexity index is 1050. The van der Waals surface area contributed by atoms with Gasteiger partial charge in [0.15, 0.2) is 0 Å². The molecule has 1 aliphatic carbocycles. The summed E-state index contributed by atoms with van der Waals surface area (Å²) in [5, 5.41) is 6.32. The lowest BCUT2D eigenvalue weighted by atomic mass is 9.80. The Morgan fingerprint density at radius 3 is 2.52 bits per heavy atom. The molecule has 0 unspecified atom stereocenters. The third kappa shape index (κ3) is 5.01. The van der Waals surface area contributed by atoms with Crippen LogP contribution in [-0.4, -0.2) is 28.5 Å². The van der Waals surface area contributed by atoms with E-state index >= 15 is 0 Å². The third-order valence-corrected chi connectivity index (χ3v) is 5.32. The first-order chi connectivity index (χ1) is 15.1. The van der Waals surface area contributed by atoms with E-state index in [9.17, 15) is 4.79 Å². The van der Waals surface area contributed by atoms with Gasteiger partial charge in [-0.3, -0.25) is 4.79 Å². The van der Waals surface area contributed by atoms with E-state index in [0.717, 1.165) is 42.0 Å². The Morgan fingerprint density at radius 2 is 1.81 bits per heavy atom. The topological polar surface area (TPSA) is 102 Å². The number of nitrogens with zero attached hydrogens (tertiary/aromatic N) is 2. The lowest BCUT2D eigenvalue weighted by Gasteiger charge is -2.35. The Labute approximate surface area is 181 Å². The second-order valence-electron chi connectivity index (χ2n) is 7.55. The standard InChI is InChI=1S/C24H25N5O2/c1-2-21(30)29-18-12-16(13-18)14-26-24-22(23(25)27-15-28-24)17-8-10-20(11-9-17)31-19-6-4-3-5-7-19/h2-11,15-16,18H,1,12-14H2,(H,29,30)(H3,25,26,27,28). The van der Waals surface area contributed by atoms with Crippen molar-refractivity contribution < 1.29 is 9.53 Å². The van der Waals surface area contributed by atoms with Gasteiger partial charge in [-0.25, -0.2) is 9.97 Å². The van der Waals surface area contributed by atoms with Crippen LogP contribution < -0.4 is 21.1 Å². The molecule has 1 aromatic heterocycles. The van der Waals surface area contributed by atoms with Gasteiger partial charge in [0.2, 0.25) is 5.91 Å². The molecule has 0 bridgehead atoms. The number of aromatic nitrogens is 2. The molecular formula is C24H25N5O2. The molecule has 31 heavy (non-hydrogen) atoms. The predicted molar refractivity (Wildman–Crippen MR) is 122 cm³/mol. The van der Waals surface area contributed by atoms with E-state index in [2.05, 4.69) is 27.2 Å². The largest absolute Gasteiger partial charge is 0.457 e. The highest BCUT2D eigenvalue weighted by molar-refractivity contribution is 5.87. The second-order valence-corrected chi connectivity index (χ2v) is 7.55. The van der Waals surface area contributed by atoms with Crippen LogP contribution in [0.15, 0.2) is 73.6 Å². The zero-order valence-electron chi connectivity index (χ0n) is 17.1. The van der Waals surface area contributed by atoms with Crippen LogP contribution in [0.2, 0.25) is 0 Å². The number of nitrogen functional groups attached to an aromatic ring is 1. The van der Waals surface area contributed by atoms with E-state index in [1.54, 1.807) is 0 Å². The first-order valence-corrected chi connectivity index (χ1v) is 10.2. The smallest absolute Gasteiger partial charge is 0.243 e. The van der Waals surface area contributed by atoms with Crippen molar-refractivity contribution in [2.24, 2.45) is 5.92 Å². The van der Waals surface area contributed by atoms with Crippen LogP contribution in [0.25, 0.3) is 11.1 Å². The van der Waals surface area contributed by atoms with Gasteiger partial charge in [0.05, 0.1) is 5.56 Å². The van der Waals surface area contributed by atoms with Crippen molar-refractivity contribution in [1.82, 2.24) is 15.3 Å². The van der Waals surface area contributed by atoms with Crippen molar-refractivity contribution in [3.8, 4) is 22.6 Å². The molecule has 1 amide bonds. The summed E-state index contributed by atoms with van der Waals surface area (Å²) in [5.41, 5.74) is 7.86. The van der Waals surface area contributed by atoms with E-state index < -0.39 is 0 Å². The molecule has 2 aromatic carbocycles. The van der Waals surface area contributed by atoms with Gasteiger partial charge in [-0.15, -0.1) is 0 Å². The molecule has 7 nitrogen and oxygen atoms in total. The summed E-state index contributed by atoms with van der Waals surface area (Å²) in [4.78, 5) is 19.9. The van der Waals surface area contributed by atoms with E-state index in [0.29, 0.717) is 17.6 Å². The van der Waals surface area contributed by atoms with Gasteiger partial charge in [-0.2, -0.15) is 0 Å². The monoisotopic (exact) mass is 415 g/mol. The summed E-state index contributed by atoms with van der Waals surface area (Å²) < 4.78 is 5.86. The number of ether oxygens (including phenoxy) is 1. The fraction of sp³-hybridized carbons (Fsp3) is 0.208. The summed E-state index contributed by atoms with van der Waals surface area (Å²) >= 11 is 0. The molecule has 0 aliphatic heterocycles. The van der Waals surface area contributed by atoms with Crippen molar-refractivity contribution in [1.29, 1.82) is 0 Å². The van der Waals surface area contributed by atoms with Crippen LogP contribution in [-0.2, 0) is 4.79 Å². The maximum Gasteiger partial charge on any atom is 0.243 e. The molecule has 3 aromatic rings. The van der Waals surface area contributed by atoms with Gasteiger partial charge in [-0.05, 0) is 54.7 Å². The maximum atomic E-state index is 11.4. The van der Waals surface area contributed by atoms with E-state index in [1.165, 1.54) is 12.4 Å². The Kier molecular flexibility index (Phi) is 6.12. The van der Waals surface area contributed by atoms with Crippen LogP contribution in [0, 0.1) is 5.92 Å². The van der Waals surface area contributed by atoms with Crippen LogP contribution in [0.4, 0.5) is 11.6 Å². The quantitative estimate of drug-likeness (QED) is 0.481. The molecule has 1 fully saturated rings. The highest BCUT2D eigenvalue weighted by Crippen LogP contribution is 2.34. The summed E-state index contributed by atoms with van der Waals surface area (Å²) in [6, 6.07) is 17.5. The maximum absolute atomic E-state index is 11.4. The zero-order chi connectivity index (χ0) is 21.6. The molecule has 4 N–H and O–H groups in total. The molecule has 158 valence electrons. The van der Waals surface area contributed by atoms with Crippen molar-refractivity contribution >= 4 is 17.5 Å². The SMILES string of the molecule is C=CC(=O)NC1CC(CNc2ncnc(N)c2-c2ccc(Oc3ccccc3)cc2)C1. The van der Waals surface area contributed by atoms with Crippen LogP contribution >= 0.6 is 0 Å². The van der Waals surface area contributed by atoms with Crippen molar-refractivity contribution in [2.75, 3.05) is 17.6 Å². The molecule has 7 heteroatoms. The average Bonchev–Trinajstić information content (AvgIpc) is 2.76. The van der Waals surface area contributed by atoms with Gasteiger partial charge < -0.3 is 21.1 Å². The average molecular weight is 415 g/mol. The number of rotatable bonds is 8. The fourth-order valence-corrected chi connectivity index (χ4v) is 3.65. The van der Waals surface area contributed by atoms with Crippen molar-refractivity contribution in [2.45, 2.75) is 18.9 Å². The summed E-state index contributed by atoms with van der Waals surface area (Å²) in [6.45, 7) is 4.23. The van der Waals surface area contributed by atoms with Crippen molar-refractivity contribution in [3.05, 3.63) is 73.6 Å². The highest BCUT2D eigenvalue weighted by atomic mass is 16.5. The van der Waals surface area contributed by atoms with Crippen LogP contribution in [0.3, 0.4) is 0 Å². The van der Waals surface area contributed by atoms with Crippen molar-refractivity contribution in [3.63, 3.8) is 0 Å². The first kappa shape index (κ1) is 20.4. The van der Waals surface area contributed by atoms with Crippen LogP contribution in [0.1, 0.15) is 12.8 Å². The van der Waals surface area contributed by atoms with E-state index in [-0.39, 0.29) is 11.9 Å². The molecule has 4 rings (SSSR count). The minimum absolute atomic E-state index is 0.123. The Morgan fingerprint density at radius 1 is 1.10 bits per heavy atom. The lowest BCUT2D eigenvalue weighted by Crippen LogP contribution is -2.45. The summed E-state index contributed by atoms with van der Waals surface area (Å²) in [5.74, 6) is 2.97. The molecule has 0 spiro atoms. The normalized spacial score (nSPS) is 17.3. The Balaban J connectivity index is 1.41. The Hall–Kier alpha value is -3.87. The van der Waals surface area contributed by atoms with Gasteiger partial charge in [-0.1, -0.05) is 36.9 Å². The predicted octanol–water partition coefficient (Wildman–Crippen LogP) is 4.01. The first-order valence-electron chi connectivity index (χ1n) is 10.2. The number of nitrogens with two attached hydrogens (primary N) is 1. The number of hydrogen-bond donors (Lipinski definition) is 3. The van der Waals surface area contributed by atoms with Gasteiger partial charge >= 0.3 is 0 Å². The summed E-state index contributed by atoms with van der Waals surface area (Å²) in [7, 11) is 0. The van der Waals surface area contributed by atoms with Crippen LogP contribution in [0.5, 0.6) is 11.5 Å². The van der Waals surface area contributed by atoms with E-state index in [1.807, 2.05) is 54.6 Å². The number of carbonyl (C=O) groups excluding carboxylic acids is 1. The summed E-state index contributed by atoms with van der Waals surface area (Å²) in [6.07, 6.45) is 4.61. The molecule has 0 radical (unpaired) electrons. The third-order valence-electron chi connectivity index (χ3n) is 5.32. The van der Waals surface area contributed by atoms with Gasteiger partial charge in [0, 0.05) is 12.6 Å². The minimum Gasteiger partial charge on any atom is -0.457 e. The molecule has 1 saturated carbocycles. The molecular weight excluding hydrogens is 390 g/mol. The number of carbonyl (C=O) groups is 1. The molecule has 1 aliphatic rings.